The number of carbonyl (C=O) groups is 1. The van der Waals surface area contributed by atoms with Crippen LogP contribution < -0.4 is 0 Å². The fraction of sp³-hybridized carbons (Fsp3) is 0.529. The molecule has 0 radical (unpaired) electrons. The SMILES string of the molecule is CC(=NN1Cc2cc(Br)cc(C)c2C1=O)C1CCCCC1. The third kappa shape index (κ3) is 2.91. The summed E-state index contributed by atoms with van der Waals surface area (Å²) >= 11 is 3.50. The molecule has 1 fully saturated rings. The van der Waals surface area contributed by atoms with Gasteiger partial charge < -0.3 is 0 Å². The van der Waals surface area contributed by atoms with E-state index < -0.39 is 0 Å². The normalized spacial score (nSPS) is 20.0. The van der Waals surface area contributed by atoms with Gasteiger partial charge in [0.1, 0.15) is 0 Å². The van der Waals surface area contributed by atoms with Crippen LogP contribution in [0.3, 0.4) is 0 Å². The first-order valence-electron chi connectivity index (χ1n) is 7.72. The molecule has 1 saturated carbocycles. The molecule has 21 heavy (non-hydrogen) atoms. The lowest BCUT2D eigenvalue weighted by Crippen LogP contribution is -2.23. The van der Waals surface area contributed by atoms with Gasteiger partial charge in [0.2, 0.25) is 0 Å². The first-order valence-corrected chi connectivity index (χ1v) is 8.51. The molecular weight excluding hydrogens is 328 g/mol. The Morgan fingerprint density at radius 1 is 1.29 bits per heavy atom. The number of carbonyl (C=O) groups excluding carboxylic acids is 1. The van der Waals surface area contributed by atoms with Crippen molar-refractivity contribution in [3.05, 3.63) is 33.3 Å². The molecule has 0 N–H and O–H groups in total. The molecule has 0 saturated heterocycles. The summed E-state index contributed by atoms with van der Waals surface area (Å²) in [6.45, 7) is 4.66. The molecule has 1 heterocycles. The van der Waals surface area contributed by atoms with Crippen LogP contribution in [0, 0.1) is 12.8 Å². The molecule has 3 rings (SSSR count). The van der Waals surface area contributed by atoms with Crippen molar-refractivity contribution in [2.45, 2.75) is 52.5 Å². The molecule has 1 aliphatic carbocycles. The average Bonchev–Trinajstić information content (AvgIpc) is 2.76. The highest BCUT2D eigenvalue weighted by Crippen LogP contribution is 2.30. The van der Waals surface area contributed by atoms with Crippen LogP contribution in [0.2, 0.25) is 0 Å². The second kappa shape index (κ2) is 5.91. The van der Waals surface area contributed by atoms with Gasteiger partial charge in [0, 0.05) is 15.7 Å². The van der Waals surface area contributed by atoms with E-state index in [0.29, 0.717) is 12.5 Å². The van der Waals surface area contributed by atoms with E-state index >= 15 is 0 Å². The van der Waals surface area contributed by atoms with Gasteiger partial charge in [-0.3, -0.25) is 4.79 Å². The third-order valence-corrected chi connectivity index (χ3v) is 5.08. The molecule has 3 nitrogen and oxygen atoms in total. The lowest BCUT2D eigenvalue weighted by Gasteiger charge is -2.22. The topological polar surface area (TPSA) is 32.7 Å². The van der Waals surface area contributed by atoms with Crippen LogP contribution in [0.1, 0.15) is 60.5 Å². The number of hydrogen-bond donors (Lipinski definition) is 0. The van der Waals surface area contributed by atoms with Crippen LogP contribution in [0.15, 0.2) is 21.7 Å². The van der Waals surface area contributed by atoms with Gasteiger partial charge in [0.05, 0.1) is 6.54 Å². The van der Waals surface area contributed by atoms with Crippen molar-refractivity contribution in [3.8, 4) is 0 Å². The van der Waals surface area contributed by atoms with E-state index in [2.05, 4.69) is 28.0 Å². The summed E-state index contributed by atoms with van der Waals surface area (Å²) < 4.78 is 1.03. The number of aryl methyl sites for hydroxylation is 1. The standard InChI is InChI=1S/C17H21BrN2O/c1-11-8-15(18)9-14-10-20(17(21)16(11)14)19-12(2)13-6-4-3-5-7-13/h8-9,13H,3-7,10H2,1-2H3. The van der Waals surface area contributed by atoms with Crippen molar-refractivity contribution < 1.29 is 4.79 Å². The molecule has 2 aliphatic rings. The van der Waals surface area contributed by atoms with E-state index in [1.165, 1.54) is 32.1 Å². The Bertz CT molecular complexity index is 603. The van der Waals surface area contributed by atoms with Crippen molar-refractivity contribution in [1.82, 2.24) is 5.01 Å². The van der Waals surface area contributed by atoms with Gasteiger partial charge in [0.25, 0.3) is 5.91 Å². The average molecular weight is 349 g/mol. The molecule has 0 spiro atoms. The smallest absolute Gasteiger partial charge is 0.267 e. The minimum absolute atomic E-state index is 0.0464. The van der Waals surface area contributed by atoms with Gasteiger partial charge in [-0.1, -0.05) is 35.2 Å². The van der Waals surface area contributed by atoms with E-state index in [4.69, 9.17) is 0 Å². The van der Waals surface area contributed by atoms with Gasteiger partial charge in [-0.25, -0.2) is 5.01 Å². The number of amides is 1. The predicted molar refractivity (Wildman–Crippen MR) is 88.4 cm³/mol. The fourth-order valence-electron chi connectivity index (χ4n) is 3.48. The van der Waals surface area contributed by atoms with Crippen molar-refractivity contribution in [2.75, 3.05) is 0 Å². The lowest BCUT2D eigenvalue weighted by atomic mass is 9.86. The minimum Gasteiger partial charge on any atom is -0.267 e. The van der Waals surface area contributed by atoms with Crippen LogP contribution >= 0.6 is 15.9 Å². The van der Waals surface area contributed by atoms with E-state index in [1.54, 1.807) is 5.01 Å². The highest BCUT2D eigenvalue weighted by Gasteiger charge is 2.30. The second-order valence-corrected chi connectivity index (χ2v) is 7.11. The van der Waals surface area contributed by atoms with Crippen molar-refractivity contribution in [1.29, 1.82) is 0 Å². The predicted octanol–water partition coefficient (Wildman–Crippen LogP) is 4.67. The Morgan fingerprint density at radius 3 is 2.71 bits per heavy atom. The Kier molecular flexibility index (Phi) is 4.16. The molecule has 1 aliphatic heterocycles. The van der Waals surface area contributed by atoms with E-state index in [-0.39, 0.29) is 5.91 Å². The van der Waals surface area contributed by atoms with E-state index in [9.17, 15) is 4.79 Å². The molecule has 112 valence electrons. The molecule has 0 bridgehead atoms. The minimum atomic E-state index is 0.0464. The zero-order valence-corrected chi connectivity index (χ0v) is 14.2. The van der Waals surface area contributed by atoms with E-state index in [1.807, 2.05) is 19.1 Å². The molecule has 4 heteroatoms. The summed E-state index contributed by atoms with van der Waals surface area (Å²) in [4.78, 5) is 12.6. The summed E-state index contributed by atoms with van der Waals surface area (Å²) in [7, 11) is 0. The summed E-state index contributed by atoms with van der Waals surface area (Å²) in [6, 6.07) is 4.03. The van der Waals surface area contributed by atoms with Gasteiger partial charge in [-0.2, -0.15) is 5.10 Å². The Hall–Kier alpha value is -1.16. The van der Waals surface area contributed by atoms with Crippen LogP contribution in [0.5, 0.6) is 0 Å². The molecule has 1 aromatic rings. The molecule has 1 aromatic carbocycles. The second-order valence-electron chi connectivity index (χ2n) is 6.20. The lowest BCUT2D eigenvalue weighted by molar-refractivity contribution is 0.0781. The summed E-state index contributed by atoms with van der Waals surface area (Å²) in [5.41, 5.74) is 4.05. The number of halogens is 1. The monoisotopic (exact) mass is 348 g/mol. The van der Waals surface area contributed by atoms with E-state index in [0.717, 1.165) is 26.9 Å². The zero-order chi connectivity index (χ0) is 15.0. The number of hydrazone groups is 1. The Balaban J connectivity index is 1.82. The van der Waals surface area contributed by atoms with Crippen LogP contribution in [-0.4, -0.2) is 16.6 Å². The van der Waals surface area contributed by atoms with Crippen molar-refractivity contribution in [2.24, 2.45) is 11.0 Å². The molecule has 0 aromatic heterocycles. The highest BCUT2D eigenvalue weighted by molar-refractivity contribution is 9.10. The fourth-order valence-corrected chi connectivity index (χ4v) is 4.10. The largest absolute Gasteiger partial charge is 0.274 e. The molecule has 0 unspecified atom stereocenters. The number of hydrogen-bond acceptors (Lipinski definition) is 2. The summed E-state index contributed by atoms with van der Waals surface area (Å²) in [6.07, 6.45) is 6.35. The quantitative estimate of drug-likeness (QED) is 0.714. The van der Waals surface area contributed by atoms with Crippen LogP contribution in [0.4, 0.5) is 0 Å². The van der Waals surface area contributed by atoms with Gasteiger partial charge in [0.15, 0.2) is 0 Å². The molecule has 0 atom stereocenters. The number of benzene rings is 1. The first-order chi connectivity index (χ1) is 10.1. The maximum Gasteiger partial charge on any atom is 0.274 e. The zero-order valence-electron chi connectivity index (χ0n) is 12.7. The maximum absolute atomic E-state index is 12.6. The first kappa shape index (κ1) is 14.8. The Labute approximate surface area is 134 Å². The number of nitrogens with zero attached hydrogens (tertiary/aromatic N) is 2. The van der Waals surface area contributed by atoms with Crippen molar-refractivity contribution >= 4 is 27.5 Å². The number of fused-ring (bicyclic) bond motifs is 1. The van der Waals surface area contributed by atoms with Crippen LogP contribution in [-0.2, 0) is 6.54 Å². The maximum atomic E-state index is 12.6. The van der Waals surface area contributed by atoms with Gasteiger partial charge in [-0.05, 0) is 55.9 Å². The van der Waals surface area contributed by atoms with Crippen LogP contribution in [0.25, 0.3) is 0 Å². The summed E-state index contributed by atoms with van der Waals surface area (Å²) in [5.74, 6) is 0.605. The highest BCUT2D eigenvalue weighted by atomic mass is 79.9. The van der Waals surface area contributed by atoms with Gasteiger partial charge >= 0.3 is 0 Å². The van der Waals surface area contributed by atoms with Gasteiger partial charge in [-0.15, -0.1) is 0 Å². The third-order valence-electron chi connectivity index (χ3n) is 4.62. The Morgan fingerprint density at radius 2 is 2.00 bits per heavy atom. The molecular formula is C17H21BrN2O. The summed E-state index contributed by atoms with van der Waals surface area (Å²) in [5, 5.41) is 6.30. The number of rotatable bonds is 2. The van der Waals surface area contributed by atoms with Crippen molar-refractivity contribution in [3.63, 3.8) is 0 Å². The molecule has 1 amide bonds.